The van der Waals surface area contributed by atoms with Gasteiger partial charge in [0.1, 0.15) is 5.82 Å². The number of methoxy groups -OCH3 is 2. The Morgan fingerprint density at radius 3 is 2.35 bits per heavy atom. The molecule has 0 atom stereocenters. The molecule has 4 rings (SSSR count). The molecule has 9 heteroatoms. The zero-order valence-corrected chi connectivity index (χ0v) is 15.5. The van der Waals surface area contributed by atoms with Crippen LogP contribution in [0, 0.1) is 0 Å². The van der Waals surface area contributed by atoms with Crippen molar-refractivity contribution in [1.82, 2.24) is 15.0 Å². The summed E-state index contributed by atoms with van der Waals surface area (Å²) in [7, 11) is 3.20. The third kappa shape index (κ3) is 2.94. The molecule has 0 spiro atoms. The van der Waals surface area contributed by atoms with Crippen molar-refractivity contribution in [3.05, 3.63) is 23.7 Å². The fourth-order valence-electron chi connectivity index (χ4n) is 3.08. The summed E-state index contributed by atoms with van der Waals surface area (Å²) < 4.78 is 10.7. The maximum absolute atomic E-state index is 6.19. The first-order valence-corrected chi connectivity index (χ1v) is 9.16. The summed E-state index contributed by atoms with van der Waals surface area (Å²) in [4.78, 5) is 18.0. The zero-order chi connectivity index (χ0) is 18.1. The average molecular weight is 372 g/mol. The minimum absolute atomic E-state index is 0.438. The molecule has 1 aliphatic heterocycles. The number of aromatic nitrogens is 3. The Morgan fingerprint density at radius 2 is 1.69 bits per heavy atom. The first-order chi connectivity index (χ1) is 12.7. The molecule has 2 N–H and O–H groups in total. The highest BCUT2D eigenvalue weighted by molar-refractivity contribution is 7.13. The van der Waals surface area contributed by atoms with E-state index in [-0.39, 0.29) is 0 Å². The van der Waals surface area contributed by atoms with E-state index in [0.717, 1.165) is 42.2 Å². The predicted octanol–water partition coefficient (Wildman–Crippen LogP) is 2.01. The van der Waals surface area contributed by atoms with E-state index in [2.05, 4.69) is 19.8 Å². The highest BCUT2D eigenvalue weighted by atomic mass is 32.1. The highest BCUT2D eigenvalue weighted by Crippen LogP contribution is 2.34. The Morgan fingerprint density at radius 1 is 1.00 bits per heavy atom. The summed E-state index contributed by atoms with van der Waals surface area (Å²) in [6, 6.07) is 3.65. The van der Waals surface area contributed by atoms with E-state index < -0.39 is 0 Å². The summed E-state index contributed by atoms with van der Waals surface area (Å²) >= 11 is 1.66. The number of hydrogen-bond donors (Lipinski definition) is 1. The number of benzene rings is 1. The first-order valence-electron chi connectivity index (χ1n) is 8.28. The average Bonchev–Trinajstić information content (AvgIpc) is 3.22. The molecule has 0 bridgehead atoms. The number of nitrogen functional groups attached to an aromatic ring is 1. The van der Waals surface area contributed by atoms with Crippen LogP contribution in [0.5, 0.6) is 11.5 Å². The van der Waals surface area contributed by atoms with Crippen LogP contribution in [-0.2, 0) is 0 Å². The second-order valence-electron chi connectivity index (χ2n) is 5.92. The van der Waals surface area contributed by atoms with Crippen LogP contribution in [0.2, 0.25) is 0 Å². The summed E-state index contributed by atoms with van der Waals surface area (Å²) in [5.74, 6) is 2.31. The van der Waals surface area contributed by atoms with Crippen LogP contribution in [0.15, 0.2) is 23.7 Å². The molecule has 1 fully saturated rings. The van der Waals surface area contributed by atoms with Gasteiger partial charge in [0.15, 0.2) is 16.6 Å². The second kappa shape index (κ2) is 6.83. The van der Waals surface area contributed by atoms with Crippen LogP contribution < -0.4 is 25.0 Å². The maximum atomic E-state index is 6.19. The van der Waals surface area contributed by atoms with Crippen LogP contribution >= 0.6 is 11.3 Å². The molecule has 0 aliphatic carbocycles. The van der Waals surface area contributed by atoms with Crippen LogP contribution in [0.3, 0.4) is 0 Å². The van der Waals surface area contributed by atoms with Gasteiger partial charge in [0.05, 0.1) is 19.7 Å². The molecule has 1 aliphatic rings. The molecule has 3 heterocycles. The van der Waals surface area contributed by atoms with Crippen molar-refractivity contribution in [2.75, 3.05) is 55.9 Å². The van der Waals surface area contributed by atoms with Gasteiger partial charge < -0.3 is 25.0 Å². The SMILES string of the molecule is COc1cc2nc(N3CCN(c4nccs4)CC3)nc(N)c2cc1OC. The van der Waals surface area contributed by atoms with Crippen molar-refractivity contribution in [2.45, 2.75) is 0 Å². The van der Waals surface area contributed by atoms with Gasteiger partial charge >= 0.3 is 0 Å². The number of ether oxygens (including phenoxy) is 2. The lowest BCUT2D eigenvalue weighted by molar-refractivity contribution is 0.356. The van der Waals surface area contributed by atoms with Crippen molar-refractivity contribution >= 4 is 39.1 Å². The zero-order valence-electron chi connectivity index (χ0n) is 14.7. The highest BCUT2D eigenvalue weighted by Gasteiger charge is 2.22. The Labute approximate surface area is 155 Å². The van der Waals surface area contributed by atoms with Crippen molar-refractivity contribution in [1.29, 1.82) is 0 Å². The third-order valence-electron chi connectivity index (χ3n) is 4.47. The molecule has 0 unspecified atom stereocenters. The van der Waals surface area contributed by atoms with Gasteiger partial charge in [-0.1, -0.05) is 0 Å². The summed E-state index contributed by atoms with van der Waals surface area (Å²) in [6.07, 6.45) is 1.83. The standard InChI is InChI=1S/C17H20N6O2S/c1-24-13-9-11-12(10-14(13)25-2)20-16(21-15(11)18)22-4-6-23(7-5-22)17-19-3-8-26-17/h3,8-10H,4-7H2,1-2H3,(H2,18,20,21). The quantitative estimate of drug-likeness (QED) is 0.744. The van der Waals surface area contributed by atoms with E-state index in [1.807, 2.05) is 23.7 Å². The van der Waals surface area contributed by atoms with E-state index in [1.54, 1.807) is 25.6 Å². The molecule has 136 valence electrons. The third-order valence-corrected chi connectivity index (χ3v) is 5.30. The van der Waals surface area contributed by atoms with Gasteiger partial charge in [-0.05, 0) is 6.07 Å². The minimum atomic E-state index is 0.438. The molecule has 0 radical (unpaired) electrons. The Hall–Kier alpha value is -2.81. The van der Waals surface area contributed by atoms with Crippen molar-refractivity contribution in [3.8, 4) is 11.5 Å². The van der Waals surface area contributed by atoms with E-state index in [4.69, 9.17) is 20.2 Å². The molecular weight excluding hydrogens is 352 g/mol. The fraction of sp³-hybridized carbons (Fsp3) is 0.353. The van der Waals surface area contributed by atoms with Gasteiger partial charge in [-0.25, -0.2) is 9.97 Å². The number of nitrogens with zero attached hydrogens (tertiary/aromatic N) is 5. The number of piperazine rings is 1. The van der Waals surface area contributed by atoms with E-state index in [9.17, 15) is 0 Å². The molecule has 3 aromatic rings. The summed E-state index contributed by atoms with van der Waals surface area (Å²) in [5.41, 5.74) is 6.93. The summed E-state index contributed by atoms with van der Waals surface area (Å²) in [6.45, 7) is 3.39. The van der Waals surface area contributed by atoms with Crippen molar-refractivity contribution in [3.63, 3.8) is 0 Å². The smallest absolute Gasteiger partial charge is 0.228 e. The molecular formula is C17H20N6O2S. The van der Waals surface area contributed by atoms with Crippen molar-refractivity contribution in [2.24, 2.45) is 0 Å². The predicted molar refractivity (Wildman–Crippen MR) is 104 cm³/mol. The maximum Gasteiger partial charge on any atom is 0.228 e. The summed E-state index contributed by atoms with van der Waals surface area (Å²) in [5, 5.41) is 3.81. The minimum Gasteiger partial charge on any atom is -0.493 e. The van der Waals surface area contributed by atoms with Gasteiger partial charge in [0.25, 0.3) is 0 Å². The number of rotatable bonds is 4. The van der Waals surface area contributed by atoms with Gasteiger partial charge in [0, 0.05) is 49.2 Å². The molecule has 0 saturated carbocycles. The Balaban J connectivity index is 1.61. The molecule has 1 aromatic carbocycles. The van der Waals surface area contributed by atoms with Gasteiger partial charge in [0.2, 0.25) is 5.95 Å². The van der Waals surface area contributed by atoms with Crippen LogP contribution in [0.25, 0.3) is 10.9 Å². The van der Waals surface area contributed by atoms with Gasteiger partial charge in [-0.2, -0.15) is 4.98 Å². The monoisotopic (exact) mass is 372 g/mol. The second-order valence-corrected chi connectivity index (χ2v) is 6.79. The number of hydrogen-bond acceptors (Lipinski definition) is 9. The van der Waals surface area contributed by atoms with E-state index in [1.165, 1.54) is 0 Å². The largest absolute Gasteiger partial charge is 0.493 e. The lowest BCUT2D eigenvalue weighted by Crippen LogP contribution is -2.47. The molecule has 26 heavy (non-hydrogen) atoms. The van der Waals surface area contributed by atoms with Crippen LogP contribution in [-0.4, -0.2) is 55.4 Å². The van der Waals surface area contributed by atoms with E-state index >= 15 is 0 Å². The number of thiazole rings is 1. The number of anilines is 3. The fourth-order valence-corrected chi connectivity index (χ4v) is 3.77. The lowest BCUT2D eigenvalue weighted by atomic mass is 10.2. The number of fused-ring (bicyclic) bond motifs is 1. The first kappa shape index (κ1) is 16.6. The topological polar surface area (TPSA) is 89.6 Å². The molecule has 8 nitrogen and oxygen atoms in total. The van der Waals surface area contributed by atoms with Gasteiger partial charge in [-0.3, -0.25) is 0 Å². The molecule has 0 amide bonds. The lowest BCUT2D eigenvalue weighted by Gasteiger charge is -2.34. The van der Waals surface area contributed by atoms with E-state index in [0.29, 0.717) is 23.3 Å². The van der Waals surface area contributed by atoms with Crippen molar-refractivity contribution < 1.29 is 9.47 Å². The van der Waals surface area contributed by atoms with Crippen LogP contribution in [0.1, 0.15) is 0 Å². The molecule has 2 aromatic heterocycles. The normalized spacial score (nSPS) is 14.7. The molecule has 1 saturated heterocycles. The van der Waals surface area contributed by atoms with Crippen LogP contribution in [0.4, 0.5) is 16.9 Å². The number of nitrogens with two attached hydrogens (primary N) is 1. The Kier molecular flexibility index (Phi) is 4.37. The van der Waals surface area contributed by atoms with Gasteiger partial charge in [-0.15, -0.1) is 11.3 Å². The Bertz CT molecular complexity index is 909.